The molecule has 0 amide bonds. The standard InChI is InChI=1S/C16H12O2/c17-16-3-1-2-14(10-16)12-4-6-13(7-5-12)15-8-9-18-11-15/h1-11,17H. The van der Waals surface area contributed by atoms with Crippen LogP contribution in [0.2, 0.25) is 0 Å². The summed E-state index contributed by atoms with van der Waals surface area (Å²) in [4.78, 5) is 0. The molecular formula is C16H12O2. The minimum Gasteiger partial charge on any atom is -0.508 e. The maximum Gasteiger partial charge on any atom is 0.116 e. The monoisotopic (exact) mass is 236 g/mol. The highest BCUT2D eigenvalue weighted by Gasteiger charge is 2.01. The first kappa shape index (κ1) is 10.7. The summed E-state index contributed by atoms with van der Waals surface area (Å²) in [6.45, 7) is 0. The maximum atomic E-state index is 9.47. The minimum atomic E-state index is 0.284. The Kier molecular flexibility index (Phi) is 2.61. The summed E-state index contributed by atoms with van der Waals surface area (Å²) < 4.78 is 5.07. The molecule has 2 aromatic carbocycles. The Hall–Kier alpha value is -2.48. The van der Waals surface area contributed by atoms with Gasteiger partial charge in [-0.2, -0.15) is 0 Å². The summed E-state index contributed by atoms with van der Waals surface area (Å²) in [7, 11) is 0. The number of hydrogen-bond donors (Lipinski definition) is 1. The SMILES string of the molecule is Oc1cccc(-c2ccc(-c3ccoc3)cc2)c1. The second-order valence-corrected chi connectivity index (χ2v) is 4.14. The highest BCUT2D eigenvalue weighted by molar-refractivity contribution is 5.70. The van der Waals surface area contributed by atoms with Gasteiger partial charge >= 0.3 is 0 Å². The van der Waals surface area contributed by atoms with E-state index in [1.807, 2.05) is 42.5 Å². The van der Waals surface area contributed by atoms with Crippen LogP contribution >= 0.6 is 0 Å². The maximum absolute atomic E-state index is 9.47. The van der Waals surface area contributed by atoms with Gasteiger partial charge in [-0.15, -0.1) is 0 Å². The van der Waals surface area contributed by atoms with Gasteiger partial charge in [0, 0.05) is 5.56 Å². The quantitative estimate of drug-likeness (QED) is 0.718. The lowest BCUT2D eigenvalue weighted by atomic mass is 10.0. The Morgan fingerprint density at radius 2 is 1.44 bits per heavy atom. The van der Waals surface area contributed by atoms with Crippen molar-refractivity contribution < 1.29 is 9.52 Å². The Bertz CT molecular complexity index is 637. The van der Waals surface area contributed by atoms with Crippen molar-refractivity contribution in [3.8, 4) is 28.0 Å². The largest absolute Gasteiger partial charge is 0.508 e. The van der Waals surface area contributed by atoms with Crippen LogP contribution in [0.3, 0.4) is 0 Å². The van der Waals surface area contributed by atoms with Gasteiger partial charge in [0.1, 0.15) is 5.75 Å². The van der Waals surface area contributed by atoms with E-state index in [-0.39, 0.29) is 5.75 Å². The number of hydrogen-bond acceptors (Lipinski definition) is 2. The van der Waals surface area contributed by atoms with Gasteiger partial charge in [-0.1, -0.05) is 36.4 Å². The second kappa shape index (κ2) is 4.41. The van der Waals surface area contributed by atoms with Crippen LogP contribution in [-0.2, 0) is 0 Å². The number of furan rings is 1. The molecule has 0 fully saturated rings. The summed E-state index contributed by atoms with van der Waals surface area (Å²) in [6, 6.07) is 17.4. The molecule has 0 aliphatic carbocycles. The van der Waals surface area contributed by atoms with Crippen molar-refractivity contribution in [2.24, 2.45) is 0 Å². The van der Waals surface area contributed by atoms with Crippen molar-refractivity contribution in [3.63, 3.8) is 0 Å². The summed E-state index contributed by atoms with van der Waals surface area (Å²) in [6.07, 6.45) is 3.39. The van der Waals surface area contributed by atoms with Crippen LogP contribution in [0.1, 0.15) is 0 Å². The molecule has 0 saturated carbocycles. The molecule has 3 aromatic rings. The van der Waals surface area contributed by atoms with Crippen LogP contribution in [0, 0.1) is 0 Å². The van der Waals surface area contributed by atoms with Gasteiger partial charge in [-0.25, -0.2) is 0 Å². The van der Waals surface area contributed by atoms with Gasteiger partial charge in [-0.05, 0) is 34.9 Å². The first-order chi connectivity index (χ1) is 8.83. The lowest BCUT2D eigenvalue weighted by molar-refractivity contribution is 0.475. The first-order valence-electron chi connectivity index (χ1n) is 5.75. The van der Waals surface area contributed by atoms with Crippen LogP contribution in [0.5, 0.6) is 5.75 Å². The molecule has 0 radical (unpaired) electrons. The average Bonchev–Trinajstić information content (AvgIpc) is 2.93. The van der Waals surface area contributed by atoms with E-state index in [0.29, 0.717) is 0 Å². The number of phenols is 1. The van der Waals surface area contributed by atoms with Crippen LogP contribution < -0.4 is 0 Å². The molecule has 1 N–H and O–H groups in total. The van der Waals surface area contributed by atoms with Gasteiger partial charge in [0.25, 0.3) is 0 Å². The molecule has 0 atom stereocenters. The van der Waals surface area contributed by atoms with Gasteiger partial charge in [0.15, 0.2) is 0 Å². The fraction of sp³-hybridized carbons (Fsp3) is 0. The molecule has 0 unspecified atom stereocenters. The molecule has 0 bridgehead atoms. The molecule has 3 rings (SSSR count). The van der Waals surface area contributed by atoms with Crippen LogP contribution in [-0.4, -0.2) is 5.11 Å². The van der Waals surface area contributed by atoms with E-state index in [1.165, 1.54) is 0 Å². The van der Waals surface area contributed by atoms with E-state index >= 15 is 0 Å². The van der Waals surface area contributed by atoms with Crippen LogP contribution in [0.25, 0.3) is 22.3 Å². The number of aromatic hydroxyl groups is 1. The smallest absolute Gasteiger partial charge is 0.116 e. The Morgan fingerprint density at radius 1 is 0.722 bits per heavy atom. The molecule has 0 spiro atoms. The van der Waals surface area contributed by atoms with Crippen molar-refractivity contribution in [1.29, 1.82) is 0 Å². The molecule has 18 heavy (non-hydrogen) atoms. The van der Waals surface area contributed by atoms with E-state index < -0.39 is 0 Å². The first-order valence-corrected chi connectivity index (χ1v) is 5.75. The van der Waals surface area contributed by atoms with Crippen molar-refractivity contribution in [2.75, 3.05) is 0 Å². The molecule has 2 nitrogen and oxygen atoms in total. The summed E-state index contributed by atoms with van der Waals surface area (Å²) in [5.74, 6) is 0.284. The van der Waals surface area contributed by atoms with Crippen LogP contribution in [0.15, 0.2) is 71.5 Å². The molecule has 2 heteroatoms. The van der Waals surface area contributed by atoms with E-state index in [0.717, 1.165) is 22.3 Å². The summed E-state index contributed by atoms with van der Waals surface area (Å²) in [5.41, 5.74) is 4.28. The molecule has 0 saturated heterocycles. The molecular weight excluding hydrogens is 224 g/mol. The summed E-state index contributed by atoms with van der Waals surface area (Å²) >= 11 is 0. The third kappa shape index (κ3) is 2.00. The second-order valence-electron chi connectivity index (χ2n) is 4.14. The molecule has 0 aliphatic heterocycles. The number of phenolic OH excluding ortho intramolecular Hbond substituents is 1. The zero-order valence-electron chi connectivity index (χ0n) is 9.71. The Balaban J connectivity index is 1.96. The predicted molar refractivity (Wildman–Crippen MR) is 71.2 cm³/mol. The number of benzene rings is 2. The lowest BCUT2D eigenvalue weighted by Gasteiger charge is -2.03. The van der Waals surface area contributed by atoms with Gasteiger partial charge < -0.3 is 9.52 Å². The highest BCUT2D eigenvalue weighted by atomic mass is 16.3. The summed E-state index contributed by atoms with van der Waals surface area (Å²) in [5, 5.41) is 9.47. The number of rotatable bonds is 2. The van der Waals surface area contributed by atoms with Crippen LogP contribution in [0.4, 0.5) is 0 Å². The van der Waals surface area contributed by atoms with Gasteiger partial charge in [-0.3, -0.25) is 0 Å². The van der Waals surface area contributed by atoms with E-state index in [4.69, 9.17) is 4.42 Å². The van der Waals surface area contributed by atoms with Crippen molar-refractivity contribution in [1.82, 2.24) is 0 Å². The highest BCUT2D eigenvalue weighted by Crippen LogP contribution is 2.26. The molecule has 88 valence electrons. The minimum absolute atomic E-state index is 0.284. The van der Waals surface area contributed by atoms with E-state index in [2.05, 4.69) is 0 Å². The van der Waals surface area contributed by atoms with Gasteiger partial charge in [0.05, 0.1) is 12.5 Å². The van der Waals surface area contributed by atoms with Crippen molar-refractivity contribution in [3.05, 3.63) is 67.1 Å². The fourth-order valence-electron chi connectivity index (χ4n) is 1.97. The molecule has 1 aromatic heterocycles. The predicted octanol–water partition coefficient (Wildman–Crippen LogP) is 4.32. The molecule has 1 heterocycles. The average molecular weight is 236 g/mol. The Labute approximate surface area is 105 Å². The molecule has 0 aliphatic rings. The van der Waals surface area contributed by atoms with Crippen molar-refractivity contribution >= 4 is 0 Å². The van der Waals surface area contributed by atoms with E-state index in [1.54, 1.807) is 24.7 Å². The lowest BCUT2D eigenvalue weighted by Crippen LogP contribution is -1.78. The zero-order valence-corrected chi connectivity index (χ0v) is 9.71. The zero-order chi connectivity index (χ0) is 12.4. The van der Waals surface area contributed by atoms with Gasteiger partial charge in [0.2, 0.25) is 0 Å². The topological polar surface area (TPSA) is 33.4 Å². The van der Waals surface area contributed by atoms with Crippen molar-refractivity contribution in [2.45, 2.75) is 0 Å². The normalized spacial score (nSPS) is 10.4. The fourth-order valence-corrected chi connectivity index (χ4v) is 1.97. The third-order valence-corrected chi connectivity index (χ3v) is 2.92. The third-order valence-electron chi connectivity index (χ3n) is 2.92. The Morgan fingerprint density at radius 3 is 2.06 bits per heavy atom. The van der Waals surface area contributed by atoms with E-state index in [9.17, 15) is 5.11 Å².